The Balaban J connectivity index is 2.27. The average molecular weight is 264 g/mol. The molecule has 0 aromatic carbocycles. The summed E-state index contributed by atoms with van der Waals surface area (Å²) >= 11 is 1.66. The topological polar surface area (TPSA) is 46.3 Å². The minimum atomic E-state index is -0.345. The van der Waals surface area contributed by atoms with Crippen LogP contribution in [0, 0.1) is 5.92 Å². The van der Waals surface area contributed by atoms with E-state index in [2.05, 4.69) is 12.6 Å². The van der Waals surface area contributed by atoms with E-state index in [1.165, 1.54) is 0 Å². The predicted molar refractivity (Wildman–Crippen MR) is 75.6 cm³/mol. The van der Waals surface area contributed by atoms with Crippen molar-refractivity contribution in [1.82, 2.24) is 4.90 Å². The van der Waals surface area contributed by atoms with E-state index in [-0.39, 0.29) is 11.3 Å². The number of carbonyl (C=O) groups is 1. The normalized spacial score (nSPS) is 25.8. The molecule has 1 aliphatic rings. The first kappa shape index (κ1) is 13.3. The molecule has 2 atom stereocenters. The van der Waals surface area contributed by atoms with Crippen LogP contribution in [-0.2, 0) is 10.2 Å². The van der Waals surface area contributed by atoms with Crippen LogP contribution in [-0.4, -0.2) is 30.4 Å². The van der Waals surface area contributed by atoms with E-state index < -0.39 is 0 Å². The number of nitrogens with two attached hydrogens (primary N) is 1. The number of likely N-dealkylation sites (N-methyl/N-ethyl adjacent to an activating group) is 1. The van der Waals surface area contributed by atoms with Crippen molar-refractivity contribution in [3.63, 3.8) is 0 Å². The van der Waals surface area contributed by atoms with Gasteiger partial charge < -0.3 is 10.6 Å². The van der Waals surface area contributed by atoms with Crippen molar-refractivity contribution in [1.29, 1.82) is 0 Å². The van der Waals surface area contributed by atoms with E-state index in [0.717, 1.165) is 17.8 Å². The highest BCUT2D eigenvalue weighted by Gasteiger charge is 2.61. The zero-order valence-electron chi connectivity index (χ0n) is 10.8. The number of amides is 1. The molecule has 2 N–H and O–H groups in total. The Labute approximate surface area is 112 Å². The summed E-state index contributed by atoms with van der Waals surface area (Å²) in [6.07, 6.45) is 2.67. The van der Waals surface area contributed by atoms with Gasteiger partial charge >= 0.3 is 0 Å². The van der Waals surface area contributed by atoms with Crippen LogP contribution >= 0.6 is 11.3 Å². The van der Waals surface area contributed by atoms with Crippen molar-refractivity contribution in [2.75, 3.05) is 19.6 Å². The van der Waals surface area contributed by atoms with Crippen LogP contribution in [0.15, 0.2) is 30.2 Å². The van der Waals surface area contributed by atoms with Crippen LogP contribution in [0.25, 0.3) is 0 Å². The fraction of sp³-hybridized carbons (Fsp3) is 0.500. The summed E-state index contributed by atoms with van der Waals surface area (Å²) in [4.78, 5) is 15.8. The lowest BCUT2D eigenvalue weighted by molar-refractivity contribution is -0.133. The number of carbonyl (C=O) groups excluding carboxylic acids is 1. The molecule has 1 heterocycles. The zero-order valence-corrected chi connectivity index (χ0v) is 11.6. The number of rotatable bonds is 6. The monoisotopic (exact) mass is 264 g/mol. The summed E-state index contributed by atoms with van der Waals surface area (Å²) in [6.45, 7) is 7.63. The van der Waals surface area contributed by atoms with Gasteiger partial charge in [-0.25, -0.2) is 0 Å². The third kappa shape index (κ3) is 1.99. The van der Waals surface area contributed by atoms with Gasteiger partial charge in [-0.3, -0.25) is 4.79 Å². The van der Waals surface area contributed by atoms with Gasteiger partial charge in [0, 0.05) is 18.0 Å². The van der Waals surface area contributed by atoms with Crippen LogP contribution in [0.3, 0.4) is 0 Å². The predicted octanol–water partition coefficient (Wildman–Crippen LogP) is 2.00. The Morgan fingerprint density at radius 3 is 3.00 bits per heavy atom. The molecule has 98 valence electrons. The highest BCUT2D eigenvalue weighted by atomic mass is 32.1. The number of nitrogens with zero attached hydrogens (tertiary/aromatic N) is 1. The lowest BCUT2D eigenvalue weighted by Crippen LogP contribution is -2.40. The van der Waals surface area contributed by atoms with Crippen molar-refractivity contribution in [2.24, 2.45) is 11.7 Å². The molecule has 0 radical (unpaired) electrons. The third-order valence-electron chi connectivity index (χ3n) is 3.75. The van der Waals surface area contributed by atoms with E-state index >= 15 is 0 Å². The van der Waals surface area contributed by atoms with Crippen LogP contribution < -0.4 is 5.73 Å². The van der Waals surface area contributed by atoms with E-state index in [4.69, 9.17) is 5.73 Å². The highest BCUT2D eigenvalue weighted by molar-refractivity contribution is 7.10. The first-order chi connectivity index (χ1) is 8.70. The van der Waals surface area contributed by atoms with E-state index in [1.54, 1.807) is 17.4 Å². The number of thiophene rings is 1. The summed E-state index contributed by atoms with van der Waals surface area (Å²) in [6, 6.07) is 4.06. The largest absolute Gasteiger partial charge is 0.338 e. The van der Waals surface area contributed by atoms with Gasteiger partial charge in [0.25, 0.3) is 0 Å². The average Bonchev–Trinajstić information content (AvgIpc) is 2.88. The summed E-state index contributed by atoms with van der Waals surface area (Å²) in [5, 5.41) is 2.03. The highest BCUT2D eigenvalue weighted by Crippen LogP contribution is 2.56. The molecule has 1 aromatic rings. The second-order valence-electron chi connectivity index (χ2n) is 4.72. The van der Waals surface area contributed by atoms with Gasteiger partial charge in [-0.1, -0.05) is 12.1 Å². The molecular formula is C14H20N2OS. The molecule has 1 fully saturated rings. The minimum Gasteiger partial charge on any atom is -0.338 e. The van der Waals surface area contributed by atoms with Crippen LogP contribution in [0.4, 0.5) is 0 Å². The lowest BCUT2D eigenvalue weighted by Gasteiger charge is -2.25. The summed E-state index contributed by atoms with van der Waals surface area (Å²) in [7, 11) is 0. The van der Waals surface area contributed by atoms with Gasteiger partial charge in [0.2, 0.25) is 5.91 Å². The summed E-state index contributed by atoms with van der Waals surface area (Å²) in [5.74, 6) is 0.505. The van der Waals surface area contributed by atoms with Gasteiger partial charge in [0.05, 0.1) is 5.41 Å². The molecule has 18 heavy (non-hydrogen) atoms. The molecule has 0 saturated heterocycles. The first-order valence-corrected chi connectivity index (χ1v) is 7.23. The fourth-order valence-electron chi connectivity index (χ4n) is 2.61. The second kappa shape index (κ2) is 5.24. The van der Waals surface area contributed by atoms with Gasteiger partial charge in [-0.15, -0.1) is 17.9 Å². The molecule has 0 bridgehead atoms. The Kier molecular flexibility index (Phi) is 3.88. The molecule has 4 heteroatoms. The maximum Gasteiger partial charge on any atom is 0.234 e. The molecule has 1 saturated carbocycles. The van der Waals surface area contributed by atoms with Crippen LogP contribution in [0.1, 0.15) is 18.2 Å². The zero-order chi connectivity index (χ0) is 13.2. The molecule has 2 rings (SSSR count). The van der Waals surface area contributed by atoms with Crippen molar-refractivity contribution in [3.05, 3.63) is 35.0 Å². The Bertz CT molecular complexity index is 429. The molecule has 0 aliphatic heterocycles. The van der Waals surface area contributed by atoms with Gasteiger partial charge in [-0.05, 0) is 37.3 Å². The fourth-order valence-corrected chi connectivity index (χ4v) is 3.62. The lowest BCUT2D eigenvalue weighted by atomic mass is 9.99. The molecule has 1 amide bonds. The minimum absolute atomic E-state index is 0.211. The van der Waals surface area contributed by atoms with Gasteiger partial charge in [0.15, 0.2) is 0 Å². The quantitative estimate of drug-likeness (QED) is 0.799. The van der Waals surface area contributed by atoms with Crippen molar-refractivity contribution in [2.45, 2.75) is 18.8 Å². The number of hydrogen-bond donors (Lipinski definition) is 1. The van der Waals surface area contributed by atoms with Crippen LogP contribution in [0.2, 0.25) is 0 Å². The molecular weight excluding hydrogens is 244 g/mol. The van der Waals surface area contributed by atoms with E-state index in [0.29, 0.717) is 19.0 Å². The van der Waals surface area contributed by atoms with Crippen LogP contribution in [0.5, 0.6) is 0 Å². The third-order valence-corrected chi connectivity index (χ3v) is 4.80. The second-order valence-corrected chi connectivity index (χ2v) is 5.67. The molecule has 0 unspecified atom stereocenters. The van der Waals surface area contributed by atoms with E-state index in [9.17, 15) is 4.79 Å². The van der Waals surface area contributed by atoms with Crippen molar-refractivity contribution >= 4 is 17.2 Å². The summed E-state index contributed by atoms with van der Waals surface area (Å²) in [5.41, 5.74) is 5.44. The van der Waals surface area contributed by atoms with E-state index in [1.807, 2.05) is 23.3 Å². The van der Waals surface area contributed by atoms with Crippen molar-refractivity contribution < 1.29 is 4.79 Å². The standard InChI is InChI=1S/C14H20N2OS/c1-3-7-16(4-2)13(17)14(9-11(14)10-15)12-6-5-8-18-12/h3,5-6,8,11H,1,4,7,9-10,15H2,2H3/t11-,14-/m0/s1. The molecule has 3 nitrogen and oxygen atoms in total. The summed E-state index contributed by atoms with van der Waals surface area (Å²) < 4.78 is 0. The Morgan fingerprint density at radius 2 is 2.56 bits per heavy atom. The first-order valence-electron chi connectivity index (χ1n) is 6.35. The SMILES string of the molecule is C=CCN(CC)C(=O)[C@@]1(c2cccs2)C[C@H]1CN. The van der Waals surface area contributed by atoms with Gasteiger partial charge in [0.1, 0.15) is 0 Å². The Morgan fingerprint density at radius 1 is 1.78 bits per heavy atom. The smallest absolute Gasteiger partial charge is 0.234 e. The molecule has 0 spiro atoms. The maximum atomic E-state index is 12.7. The number of hydrogen-bond acceptors (Lipinski definition) is 3. The van der Waals surface area contributed by atoms with Gasteiger partial charge in [-0.2, -0.15) is 0 Å². The molecule has 1 aromatic heterocycles. The molecule has 1 aliphatic carbocycles. The van der Waals surface area contributed by atoms with Crippen molar-refractivity contribution in [3.8, 4) is 0 Å². The Hall–Kier alpha value is -1.13. The maximum absolute atomic E-state index is 12.7.